The molecule has 0 saturated heterocycles. The van der Waals surface area contributed by atoms with E-state index >= 15 is 0 Å². The lowest BCUT2D eigenvalue weighted by Gasteiger charge is -2.27. The average Bonchev–Trinajstić information content (AvgIpc) is 2.88. The summed E-state index contributed by atoms with van der Waals surface area (Å²) in [7, 11) is 0. The SMILES string of the molecule is NC(=O)c1ccccc1[C@H](Oc1ccc2c(c1)O[C@@H](c1ccccc1)C(=O)C2)c1ccncc1. The minimum Gasteiger partial charge on any atom is -0.481 e. The standard InChI is InChI=1S/C28H22N2O4/c29-28(32)23-9-5-4-8-22(23)26(19-12-14-30-15-13-19)33-21-11-10-20-16-24(31)27(34-25(20)17-21)18-6-2-1-3-7-18/h1-15,17,26-27H,16H2,(H2,29,32)/t26-,27+/m1/s1. The van der Waals surface area contributed by atoms with Crippen LogP contribution in [-0.4, -0.2) is 16.7 Å². The van der Waals surface area contributed by atoms with E-state index in [0.717, 1.165) is 16.7 Å². The third-order valence-corrected chi connectivity index (χ3v) is 5.81. The van der Waals surface area contributed by atoms with E-state index in [9.17, 15) is 9.59 Å². The molecule has 1 aliphatic rings. The molecule has 34 heavy (non-hydrogen) atoms. The highest BCUT2D eigenvalue weighted by Gasteiger charge is 2.30. The van der Waals surface area contributed by atoms with Crippen LogP contribution in [0, 0.1) is 0 Å². The van der Waals surface area contributed by atoms with Gasteiger partial charge in [-0.2, -0.15) is 0 Å². The fourth-order valence-corrected chi connectivity index (χ4v) is 4.15. The number of nitrogens with zero attached hydrogens (tertiary/aromatic N) is 1. The maximum absolute atomic E-state index is 12.7. The predicted octanol–water partition coefficient (Wildman–Crippen LogP) is 4.59. The average molecular weight is 450 g/mol. The summed E-state index contributed by atoms with van der Waals surface area (Å²) in [6, 6.07) is 25.7. The molecule has 0 bridgehead atoms. The van der Waals surface area contributed by atoms with Crippen molar-refractivity contribution in [2.24, 2.45) is 5.73 Å². The molecule has 0 radical (unpaired) electrons. The molecule has 5 rings (SSSR count). The molecule has 1 amide bonds. The monoisotopic (exact) mass is 450 g/mol. The van der Waals surface area contributed by atoms with Crippen molar-refractivity contribution in [2.45, 2.75) is 18.6 Å². The number of ether oxygens (including phenoxy) is 2. The fourth-order valence-electron chi connectivity index (χ4n) is 4.15. The number of Topliss-reactive ketones (excluding diaryl/α,β-unsaturated/α-hetero) is 1. The van der Waals surface area contributed by atoms with Crippen LogP contribution in [0.1, 0.15) is 44.8 Å². The van der Waals surface area contributed by atoms with Crippen molar-refractivity contribution in [3.05, 3.63) is 125 Å². The molecular weight excluding hydrogens is 428 g/mol. The summed E-state index contributed by atoms with van der Waals surface area (Å²) in [5, 5.41) is 0. The van der Waals surface area contributed by atoms with Crippen LogP contribution < -0.4 is 15.2 Å². The van der Waals surface area contributed by atoms with Crippen LogP contribution in [0.3, 0.4) is 0 Å². The number of carbonyl (C=O) groups excluding carboxylic acids is 2. The van der Waals surface area contributed by atoms with Gasteiger partial charge in [0.1, 0.15) is 17.6 Å². The maximum atomic E-state index is 12.7. The van der Waals surface area contributed by atoms with Crippen LogP contribution >= 0.6 is 0 Å². The molecule has 0 fully saturated rings. The van der Waals surface area contributed by atoms with Crippen molar-refractivity contribution in [3.63, 3.8) is 0 Å². The van der Waals surface area contributed by atoms with Crippen LogP contribution in [0.5, 0.6) is 11.5 Å². The Morgan fingerprint density at radius 3 is 2.47 bits per heavy atom. The fraction of sp³-hybridized carbons (Fsp3) is 0.107. The van der Waals surface area contributed by atoms with E-state index < -0.39 is 18.1 Å². The number of hydrogen-bond acceptors (Lipinski definition) is 5. The number of ketones is 1. The summed E-state index contributed by atoms with van der Waals surface area (Å²) in [6.07, 6.45) is 2.37. The molecule has 0 aliphatic carbocycles. The number of rotatable bonds is 6. The summed E-state index contributed by atoms with van der Waals surface area (Å²) >= 11 is 0. The van der Waals surface area contributed by atoms with Gasteiger partial charge in [0.15, 0.2) is 11.9 Å². The van der Waals surface area contributed by atoms with Crippen LogP contribution in [0.15, 0.2) is 97.3 Å². The number of pyridine rings is 1. The number of hydrogen-bond donors (Lipinski definition) is 1. The van der Waals surface area contributed by atoms with Gasteiger partial charge in [-0.25, -0.2) is 0 Å². The van der Waals surface area contributed by atoms with Crippen LogP contribution in [0.25, 0.3) is 0 Å². The Bertz CT molecular complexity index is 1340. The van der Waals surface area contributed by atoms with Crippen molar-refractivity contribution >= 4 is 11.7 Å². The molecule has 1 aromatic heterocycles. The summed E-state index contributed by atoms with van der Waals surface area (Å²) in [4.78, 5) is 28.9. The lowest BCUT2D eigenvalue weighted by atomic mass is 9.95. The van der Waals surface area contributed by atoms with Gasteiger partial charge in [0.2, 0.25) is 5.91 Å². The van der Waals surface area contributed by atoms with Gasteiger partial charge in [0.05, 0.1) is 0 Å². The zero-order valence-electron chi connectivity index (χ0n) is 18.3. The van der Waals surface area contributed by atoms with Gasteiger partial charge in [0, 0.05) is 41.6 Å². The van der Waals surface area contributed by atoms with Gasteiger partial charge >= 0.3 is 0 Å². The summed E-state index contributed by atoms with van der Waals surface area (Å²) in [5.74, 6) is 0.622. The number of benzene rings is 3. The van der Waals surface area contributed by atoms with E-state index in [2.05, 4.69) is 4.98 Å². The molecule has 0 unspecified atom stereocenters. The van der Waals surface area contributed by atoms with Gasteiger partial charge < -0.3 is 15.2 Å². The molecule has 0 saturated carbocycles. The first-order valence-electron chi connectivity index (χ1n) is 10.9. The number of carbonyl (C=O) groups is 2. The van der Waals surface area contributed by atoms with Gasteiger partial charge in [0.25, 0.3) is 0 Å². The first-order chi connectivity index (χ1) is 16.6. The van der Waals surface area contributed by atoms with Crippen LogP contribution in [0.4, 0.5) is 0 Å². The molecule has 2 N–H and O–H groups in total. The highest BCUT2D eigenvalue weighted by molar-refractivity contribution is 5.94. The van der Waals surface area contributed by atoms with Crippen molar-refractivity contribution in [1.82, 2.24) is 4.98 Å². The third-order valence-electron chi connectivity index (χ3n) is 5.81. The number of fused-ring (bicyclic) bond motifs is 1. The quantitative estimate of drug-likeness (QED) is 0.464. The van der Waals surface area contributed by atoms with E-state index in [0.29, 0.717) is 22.6 Å². The van der Waals surface area contributed by atoms with Crippen LogP contribution in [0.2, 0.25) is 0 Å². The maximum Gasteiger partial charge on any atom is 0.249 e. The largest absolute Gasteiger partial charge is 0.481 e. The first-order valence-corrected chi connectivity index (χ1v) is 10.9. The number of aromatic nitrogens is 1. The molecule has 0 spiro atoms. The molecule has 6 heteroatoms. The zero-order valence-corrected chi connectivity index (χ0v) is 18.3. The Morgan fingerprint density at radius 2 is 1.71 bits per heavy atom. The minimum absolute atomic E-state index is 0.0115. The Labute approximate surface area is 197 Å². The number of nitrogens with two attached hydrogens (primary N) is 1. The van der Waals surface area contributed by atoms with Crippen molar-refractivity contribution in [2.75, 3.05) is 0 Å². The molecule has 168 valence electrons. The van der Waals surface area contributed by atoms with E-state index in [4.69, 9.17) is 15.2 Å². The molecule has 1 aliphatic heterocycles. The van der Waals surface area contributed by atoms with E-state index in [1.807, 2.05) is 60.7 Å². The minimum atomic E-state index is -0.657. The van der Waals surface area contributed by atoms with Crippen LogP contribution in [-0.2, 0) is 11.2 Å². The first kappa shape index (κ1) is 21.4. The highest BCUT2D eigenvalue weighted by Crippen LogP contribution is 2.37. The Kier molecular flexibility index (Phi) is 5.79. The molecule has 3 aromatic carbocycles. The Balaban J connectivity index is 1.50. The van der Waals surface area contributed by atoms with Gasteiger partial charge in [-0.05, 0) is 35.4 Å². The van der Waals surface area contributed by atoms with Crippen molar-refractivity contribution in [3.8, 4) is 11.5 Å². The van der Waals surface area contributed by atoms with Gasteiger partial charge in [-0.15, -0.1) is 0 Å². The summed E-state index contributed by atoms with van der Waals surface area (Å²) in [5.41, 5.74) is 9.11. The second kappa shape index (κ2) is 9.19. The van der Waals surface area contributed by atoms with Crippen molar-refractivity contribution in [1.29, 1.82) is 0 Å². The molecule has 4 aromatic rings. The summed E-state index contributed by atoms with van der Waals surface area (Å²) < 4.78 is 12.5. The Morgan fingerprint density at radius 1 is 0.971 bits per heavy atom. The highest BCUT2D eigenvalue weighted by atomic mass is 16.5. The smallest absolute Gasteiger partial charge is 0.249 e. The van der Waals surface area contributed by atoms with Gasteiger partial charge in [-0.1, -0.05) is 54.6 Å². The molecule has 2 heterocycles. The predicted molar refractivity (Wildman–Crippen MR) is 127 cm³/mol. The third kappa shape index (κ3) is 4.26. The van der Waals surface area contributed by atoms with E-state index in [-0.39, 0.29) is 12.2 Å². The lowest BCUT2D eigenvalue weighted by Crippen LogP contribution is -2.25. The van der Waals surface area contributed by atoms with Crippen molar-refractivity contribution < 1.29 is 19.1 Å². The van der Waals surface area contributed by atoms with Gasteiger partial charge in [-0.3, -0.25) is 14.6 Å². The molecular formula is C28H22N2O4. The molecule has 2 atom stereocenters. The number of primary amides is 1. The summed E-state index contributed by atoms with van der Waals surface area (Å²) in [6.45, 7) is 0. The second-order valence-corrected chi connectivity index (χ2v) is 8.05. The second-order valence-electron chi connectivity index (χ2n) is 8.05. The molecule has 6 nitrogen and oxygen atoms in total. The van der Waals surface area contributed by atoms with E-state index in [1.54, 1.807) is 36.7 Å². The van der Waals surface area contributed by atoms with E-state index in [1.165, 1.54) is 0 Å². The normalized spacial score (nSPS) is 15.6. The topological polar surface area (TPSA) is 91.5 Å². The number of amides is 1. The lowest BCUT2D eigenvalue weighted by molar-refractivity contribution is -0.126. The Hall–Kier alpha value is -4.45. The zero-order chi connectivity index (χ0) is 23.5.